The van der Waals surface area contributed by atoms with Crippen molar-refractivity contribution in [1.29, 1.82) is 0 Å². The van der Waals surface area contributed by atoms with Gasteiger partial charge in [-0.15, -0.1) is 0 Å². The van der Waals surface area contributed by atoms with Crippen molar-refractivity contribution in [3.8, 4) is 0 Å². The molecule has 2 N–H and O–H groups in total. The van der Waals surface area contributed by atoms with Crippen LogP contribution in [0.1, 0.15) is 36.8 Å². The Morgan fingerprint density at radius 1 is 1.30 bits per heavy atom. The Morgan fingerprint density at radius 2 is 2.10 bits per heavy atom. The van der Waals surface area contributed by atoms with Crippen molar-refractivity contribution in [3.63, 3.8) is 0 Å². The molecule has 0 spiro atoms. The molecule has 0 aliphatic heterocycles. The molecule has 1 aromatic rings. The van der Waals surface area contributed by atoms with Gasteiger partial charge in [0.25, 0.3) is 0 Å². The summed E-state index contributed by atoms with van der Waals surface area (Å²) in [7, 11) is 1.93. The highest BCUT2D eigenvalue weighted by atomic mass is 16.2. The van der Waals surface area contributed by atoms with Gasteiger partial charge in [-0.05, 0) is 42.2 Å². The normalized spacial score (nSPS) is 27.8. The highest BCUT2D eigenvalue weighted by Crippen LogP contribution is 2.48. The van der Waals surface area contributed by atoms with Crippen molar-refractivity contribution in [1.82, 2.24) is 4.90 Å². The zero-order chi connectivity index (χ0) is 14.1. The Balaban J connectivity index is 1.63. The largest absolute Gasteiger partial charge is 0.341 e. The second kappa shape index (κ2) is 5.57. The summed E-state index contributed by atoms with van der Waals surface area (Å²) in [6.07, 6.45) is 5.01. The summed E-state index contributed by atoms with van der Waals surface area (Å²) in [5.74, 6) is 2.11. The van der Waals surface area contributed by atoms with E-state index in [1.54, 1.807) is 0 Å². The molecule has 0 saturated heterocycles. The third-order valence-electron chi connectivity index (χ3n) is 5.08. The van der Waals surface area contributed by atoms with Crippen molar-refractivity contribution in [2.75, 3.05) is 7.05 Å². The number of hydrogen-bond donors (Lipinski definition) is 1. The van der Waals surface area contributed by atoms with E-state index >= 15 is 0 Å². The number of carbonyl (C=O) groups excluding carboxylic acids is 1. The van der Waals surface area contributed by atoms with Crippen LogP contribution in [0.3, 0.4) is 0 Å². The number of benzene rings is 1. The van der Waals surface area contributed by atoms with E-state index in [0.717, 1.165) is 17.9 Å². The van der Waals surface area contributed by atoms with Gasteiger partial charge in [-0.25, -0.2) is 0 Å². The first kappa shape index (κ1) is 13.6. The first-order valence-corrected chi connectivity index (χ1v) is 7.70. The highest BCUT2D eigenvalue weighted by Gasteiger charge is 2.43. The first-order chi connectivity index (χ1) is 9.67. The van der Waals surface area contributed by atoms with Gasteiger partial charge in [0.15, 0.2) is 0 Å². The molecule has 1 aromatic carbocycles. The van der Waals surface area contributed by atoms with Gasteiger partial charge in [-0.3, -0.25) is 4.79 Å². The molecular weight excluding hydrogens is 248 g/mol. The van der Waals surface area contributed by atoms with E-state index in [2.05, 4.69) is 12.1 Å². The number of rotatable bonds is 4. The second-order valence-corrected chi connectivity index (χ2v) is 6.50. The van der Waals surface area contributed by atoms with E-state index in [1.807, 2.05) is 24.1 Å². The van der Waals surface area contributed by atoms with Crippen LogP contribution in [0.5, 0.6) is 0 Å². The van der Waals surface area contributed by atoms with Crippen LogP contribution in [0.2, 0.25) is 0 Å². The standard InChI is InChI=1S/C17H24N2O/c1-19(11-14-4-2-3-13(7-14)10-18)17(20)16-9-12-5-6-15(16)8-12/h2-4,7,12,15-16H,5-6,8-11,18H2,1H3. The van der Waals surface area contributed by atoms with Crippen molar-refractivity contribution in [3.05, 3.63) is 35.4 Å². The molecule has 1 amide bonds. The topological polar surface area (TPSA) is 46.3 Å². The summed E-state index contributed by atoms with van der Waals surface area (Å²) in [6.45, 7) is 1.25. The molecule has 3 heteroatoms. The highest BCUT2D eigenvalue weighted by molar-refractivity contribution is 5.79. The van der Waals surface area contributed by atoms with E-state index < -0.39 is 0 Å². The average Bonchev–Trinajstić information content (AvgIpc) is 3.09. The molecule has 2 aliphatic rings. The van der Waals surface area contributed by atoms with Gasteiger partial charge in [-0.1, -0.05) is 30.7 Å². The van der Waals surface area contributed by atoms with Crippen LogP contribution in [0, 0.1) is 17.8 Å². The Labute approximate surface area is 121 Å². The van der Waals surface area contributed by atoms with Crippen LogP contribution >= 0.6 is 0 Å². The molecule has 3 unspecified atom stereocenters. The predicted octanol–water partition coefficient (Wildman–Crippen LogP) is 2.54. The molecule has 3 nitrogen and oxygen atoms in total. The molecule has 2 bridgehead atoms. The van der Waals surface area contributed by atoms with Crippen molar-refractivity contribution in [2.24, 2.45) is 23.5 Å². The quantitative estimate of drug-likeness (QED) is 0.915. The van der Waals surface area contributed by atoms with Crippen LogP contribution in [0.4, 0.5) is 0 Å². The minimum atomic E-state index is 0.288. The van der Waals surface area contributed by atoms with Gasteiger partial charge in [0.2, 0.25) is 5.91 Å². The Bertz CT molecular complexity index is 500. The summed E-state index contributed by atoms with van der Waals surface area (Å²) < 4.78 is 0. The van der Waals surface area contributed by atoms with Crippen molar-refractivity contribution < 1.29 is 4.79 Å². The number of amides is 1. The SMILES string of the molecule is CN(Cc1cccc(CN)c1)C(=O)C1CC2CCC1C2. The Morgan fingerprint density at radius 3 is 2.75 bits per heavy atom. The second-order valence-electron chi connectivity index (χ2n) is 6.50. The average molecular weight is 272 g/mol. The van der Waals surface area contributed by atoms with Gasteiger partial charge in [0, 0.05) is 26.1 Å². The minimum Gasteiger partial charge on any atom is -0.341 e. The molecule has 0 aromatic heterocycles. The minimum absolute atomic E-state index is 0.288. The van der Waals surface area contributed by atoms with Gasteiger partial charge in [0.05, 0.1) is 0 Å². The molecular formula is C17H24N2O. The van der Waals surface area contributed by atoms with Crippen molar-refractivity contribution >= 4 is 5.91 Å². The zero-order valence-electron chi connectivity index (χ0n) is 12.2. The van der Waals surface area contributed by atoms with E-state index in [9.17, 15) is 4.79 Å². The lowest BCUT2D eigenvalue weighted by Crippen LogP contribution is -2.35. The Kier molecular flexibility index (Phi) is 3.79. The van der Waals surface area contributed by atoms with Gasteiger partial charge >= 0.3 is 0 Å². The lowest BCUT2D eigenvalue weighted by molar-refractivity contribution is -0.136. The van der Waals surface area contributed by atoms with Crippen LogP contribution in [-0.4, -0.2) is 17.9 Å². The molecule has 20 heavy (non-hydrogen) atoms. The van der Waals surface area contributed by atoms with Crippen LogP contribution in [0.15, 0.2) is 24.3 Å². The molecule has 3 rings (SSSR count). The first-order valence-electron chi connectivity index (χ1n) is 7.70. The summed E-state index contributed by atoms with van der Waals surface area (Å²) >= 11 is 0. The fraction of sp³-hybridized carbons (Fsp3) is 0.588. The van der Waals surface area contributed by atoms with E-state index in [0.29, 0.717) is 24.9 Å². The smallest absolute Gasteiger partial charge is 0.226 e. The van der Waals surface area contributed by atoms with Crippen LogP contribution in [-0.2, 0) is 17.9 Å². The molecule has 0 radical (unpaired) electrons. The molecule has 2 fully saturated rings. The fourth-order valence-electron chi connectivity index (χ4n) is 4.04. The molecule has 108 valence electrons. The van der Waals surface area contributed by atoms with E-state index in [1.165, 1.54) is 24.8 Å². The molecule has 2 saturated carbocycles. The number of carbonyl (C=O) groups is 1. The third kappa shape index (κ3) is 2.59. The zero-order valence-corrected chi connectivity index (χ0v) is 12.2. The van der Waals surface area contributed by atoms with E-state index in [-0.39, 0.29) is 5.92 Å². The number of hydrogen-bond acceptors (Lipinski definition) is 2. The maximum Gasteiger partial charge on any atom is 0.226 e. The molecule has 2 aliphatic carbocycles. The van der Waals surface area contributed by atoms with Crippen LogP contribution < -0.4 is 5.73 Å². The maximum absolute atomic E-state index is 12.6. The summed E-state index contributed by atoms with van der Waals surface area (Å²) in [6, 6.07) is 8.23. The van der Waals surface area contributed by atoms with Gasteiger partial charge < -0.3 is 10.6 Å². The lowest BCUT2D eigenvalue weighted by Gasteiger charge is -2.26. The number of nitrogens with two attached hydrogens (primary N) is 1. The van der Waals surface area contributed by atoms with Gasteiger partial charge in [0.1, 0.15) is 0 Å². The molecule has 3 atom stereocenters. The summed E-state index contributed by atoms with van der Waals surface area (Å²) in [5.41, 5.74) is 7.97. The molecule has 0 heterocycles. The monoisotopic (exact) mass is 272 g/mol. The van der Waals surface area contributed by atoms with Crippen molar-refractivity contribution in [2.45, 2.75) is 38.8 Å². The summed E-state index contributed by atoms with van der Waals surface area (Å²) in [4.78, 5) is 14.5. The third-order valence-corrected chi connectivity index (χ3v) is 5.08. The van der Waals surface area contributed by atoms with Gasteiger partial charge in [-0.2, -0.15) is 0 Å². The number of fused-ring (bicyclic) bond motifs is 2. The van der Waals surface area contributed by atoms with Crippen LogP contribution in [0.25, 0.3) is 0 Å². The predicted molar refractivity (Wildman–Crippen MR) is 79.7 cm³/mol. The lowest BCUT2D eigenvalue weighted by atomic mass is 9.88. The Hall–Kier alpha value is -1.35. The fourth-order valence-corrected chi connectivity index (χ4v) is 4.04. The van der Waals surface area contributed by atoms with E-state index in [4.69, 9.17) is 5.73 Å². The summed E-state index contributed by atoms with van der Waals surface area (Å²) in [5, 5.41) is 0. The number of nitrogens with zero attached hydrogens (tertiary/aromatic N) is 1. The maximum atomic E-state index is 12.6.